The summed E-state index contributed by atoms with van der Waals surface area (Å²) in [6, 6.07) is 17.3. The lowest BCUT2D eigenvalue weighted by Gasteiger charge is -2.11. The average Bonchev–Trinajstić information content (AvgIpc) is 3.14. The molecule has 0 spiro atoms. The number of aryl methyl sites for hydroxylation is 1. The number of hydrogen-bond donors (Lipinski definition) is 2. The number of phenols is 1. The van der Waals surface area contributed by atoms with E-state index in [0.29, 0.717) is 17.9 Å². The highest BCUT2D eigenvalue weighted by molar-refractivity contribution is 6.07. The molecule has 3 aromatic carbocycles. The van der Waals surface area contributed by atoms with Crippen molar-refractivity contribution in [2.75, 3.05) is 26.6 Å². The molecule has 1 amide bonds. The van der Waals surface area contributed by atoms with Gasteiger partial charge in [0.1, 0.15) is 5.75 Å². The van der Waals surface area contributed by atoms with Crippen molar-refractivity contribution in [3.8, 4) is 23.0 Å². The summed E-state index contributed by atoms with van der Waals surface area (Å²) in [6.07, 6.45) is 2.98. The Kier molecular flexibility index (Phi) is 7.34. The number of anilines is 1. The maximum Gasteiger partial charge on any atom is 0.228 e. The lowest BCUT2D eigenvalue weighted by molar-refractivity contribution is -0.115. The Hall–Kier alpha value is -4.19. The van der Waals surface area contributed by atoms with Crippen LogP contribution in [0.2, 0.25) is 0 Å². The monoisotopic (exact) mass is 485 g/mol. The zero-order valence-corrected chi connectivity index (χ0v) is 21.3. The van der Waals surface area contributed by atoms with Crippen LogP contribution in [0.25, 0.3) is 11.1 Å². The molecular formula is C30H31NO5. The minimum absolute atomic E-state index is 0.0207. The molecule has 186 valence electrons. The van der Waals surface area contributed by atoms with Crippen LogP contribution in [-0.2, 0) is 11.2 Å². The normalized spacial score (nSPS) is 13.5. The van der Waals surface area contributed by atoms with Crippen LogP contribution in [-0.4, -0.2) is 32.3 Å². The first-order chi connectivity index (χ1) is 17.3. The fraction of sp³-hybridized carbons (Fsp3) is 0.233. The average molecular weight is 486 g/mol. The molecule has 36 heavy (non-hydrogen) atoms. The standard InChI is InChI=1S/C30H31NO5/c1-18-6-9-21(10-7-18)31-29(32)17-25-19(2)23(24-13-11-22(34-3)16-26(24)25)12-8-20-14-27(35-4)30(33)28(15-20)36-5/h6-7,9-16,33H,8,17H2,1-5H3,(H,31,32)/b23-12-. The van der Waals surface area contributed by atoms with Crippen molar-refractivity contribution in [1.29, 1.82) is 0 Å². The molecule has 0 bridgehead atoms. The summed E-state index contributed by atoms with van der Waals surface area (Å²) in [6.45, 7) is 4.06. The maximum atomic E-state index is 13.0. The van der Waals surface area contributed by atoms with E-state index in [0.717, 1.165) is 50.4 Å². The van der Waals surface area contributed by atoms with Crippen molar-refractivity contribution in [1.82, 2.24) is 0 Å². The molecule has 0 radical (unpaired) electrons. The molecular weight excluding hydrogens is 454 g/mol. The van der Waals surface area contributed by atoms with E-state index in [-0.39, 0.29) is 18.1 Å². The minimum atomic E-state index is -0.0729. The second-order valence-electron chi connectivity index (χ2n) is 8.78. The largest absolute Gasteiger partial charge is 0.502 e. The van der Waals surface area contributed by atoms with Crippen LogP contribution >= 0.6 is 0 Å². The van der Waals surface area contributed by atoms with Crippen LogP contribution < -0.4 is 19.5 Å². The quantitative estimate of drug-likeness (QED) is 0.399. The number of methoxy groups -OCH3 is 3. The number of phenolic OH excluding ortho intramolecular Hbond substituents is 1. The number of amides is 1. The topological polar surface area (TPSA) is 77.0 Å². The van der Waals surface area contributed by atoms with Gasteiger partial charge >= 0.3 is 0 Å². The Morgan fingerprint density at radius 3 is 2.17 bits per heavy atom. The van der Waals surface area contributed by atoms with Crippen LogP contribution in [0, 0.1) is 6.92 Å². The van der Waals surface area contributed by atoms with Gasteiger partial charge in [0.15, 0.2) is 11.5 Å². The summed E-state index contributed by atoms with van der Waals surface area (Å²) >= 11 is 0. The molecule has 6 heteroatoms. The lowest BCUT2D eigenvalue weighted by Crippen LogP contribution is -2.12. The highest BCUT2D eigenvalue weighted by atomic mass is 16.5. The highest BCUT2D eigenvalue weighted by Crippen LogP contribution is 2.45. The van der Waals surface area contributed by atoms with Gasteiger partial charge in [-0.15, -0.1) is 0 Å². The van der Waals surface area contributed by atoms with Gasteiger partial charge in [-0.25, -0.2) is 0 Å². The molecule has 0 heterocycles. The van der Waals surface area contributed by atoms with Crippen LogP contribution in [0.4, 0.5) is 5.69 Å². The van der Waals surface area contributed by atoms with Crippen LogP contribution in [0.1, 0.15) is 35.6 Å². The zero-order chi connectivity index (χ0) is 25.8. The van der Waals surface area contributed by atoms with E-state index >= 15 is 0 Å². The number of carbonyl (C=O) groups excluding carboxylic acids is 1. The van der Waals surface area contributed by atoms with Crippen LogP contribution in [0.3, 0.4) is 0 Å². The first-order valence-corrected chi connectivity index (χ1v) is 11.7. The number of nitrogens with one attached hydrogen (secondary N) is 1. The molecule has 0 saturated carbocycles. The number of carbonyl (C=O) groups is 1. The molecule has 0 unspecified atom stereocenters. The molecule has 0 aliphatic heterocycles. The first-order valence-electron chi connectivity index (χ1n) is 11.7. The summed E-state index contributed by atoms with van der Waals surface area (Å²) in [7, 11) is 4.66. The van der Waals surface area contributed by atoms with Gasteiger partial charge in [0, 0.05) is 5.69 Å². The number of rotatable bonds is 8. The van der Waals surface area contributed by atoms with E-state index < -0.39 is 0 Å². The molecule has 1 aliphatic carbocycles. The van der Waals surface area contributed by atoms with Crippen molar-refractivity contribution in [3.05, 3.63) is 88.5 Å². The second-order valence-corrected chi connectivity index (χ2v) is 8.78. The highest BCUT2D eigenvalue weighted by Gasteiger charge is 2.26. The van der Waals surface area contributed by atoms with E-state index in [2.05, 4.69) is 11.4 Å². The van der Waals surface area contributed by atoms with Gasteiger partial charge in [-0.2, -0.15) is 0 Å². The van der Waals surface area contributed by atoms with Crippen molar-refractivity contribution in [3.63, 3.8) is 0 Å². The Balaban J connectivity index is 1.66. The smallest absolute Gasteiger partial charge is 0.228 e. The number of hydrogen-bond acceptors (Lipinski definition) is 5. The van der Waals surface area contributed by atoms with E-state index in [1.807, 2.05) is 56.3 Å². The van der Waals surface area contributed by atoms with Gasteiger partial charge in [0.05, 0.1) is 27.8 Å². The third-order valence-corrected chi connectivity index (χ3v) is 6.45. The van der Waals surface area contributed by atoms with Crippen LogP contribution in [0.15, 0.2) is 66.2 Å². The van der Waals surface area contributed by atoms with Gasteiger partial charge in [-0.1, -0.05) is 29.8 Å². The number of allylic oxidation sites excluding steroid dienone is 3. The van der Waals surface area contributed by atoms with Gasteiger partial charge in [-0.3, -0.25) is 4.79 Å². The Bertz CT molecular complexity index is 1330. The van der Waals surface area contributed by atoms with Crippen LogP contribution in [0.5, 0.6) is 23.0 Å². The molecule has 4 rings (SSSR count). The van der Waals surface area contributed by atoms with Gasteiger partial charge in [0.2, 0.25) is 11.7 Å². The lowest BCUT2D eigenvalue weighted by atomic mass is 10.00. The second kappa shape index (κ2) is 10.6. The van der Waals surface area contributed by atoms with E-state index in [9.17, 15) is 9.90 Å². The third-order valence-electron chi connectivity index (χ3n) is 6.45. The van der Waals surface area contributed by atoms with Gasteiger partial charge in [0.25, 0.3) is 0 Å². The van der Waals surface area contributed by atoms with Gasteiger partial charge < -0.3 is 24.6 Å². The van der Waals surface area contributed by atoms with E-state index in [4.69, 9.17) is 14.2 Å². The maximum absolute atomic E-state index is 13.0. The summed E-state index contributed by atoms with van der Waals surface area (Å²) < 4.78 is 16.1. The molecule has 0 aromatic heterocycles. The van der Waals surface area contributed by atoms with Crippen molar-refractivity contribution in [2.45, 2.75) is 26.7 Å². The molecule has 2 N–H and O–H groups in total. The predicted octanol–water partition coefficient (Wildman–Crippen LogP) is 6.17. The Labute approximate surface area is 211 Å². The van der Waals surface area contributed by atoms with Crippen molar-refractivity contribution in [2.24, 2.45) is 0 Å². The van der Waals surface area contributed by atoms with Crippen molar-refractivity contribution >= 4 is 22.7 Å². The predicted molar refractivity (Wildman–Crippen MR) is 143 cm³/mol. The SMILES string of the molecule is COc1ccc2c(c1)C(CC(=O)Nc1ccc(C)cc1)=C(C)/C2=C/Cc1cc(OC)c(O)c(OC)c1. The van der Waals surface area contributed by atoms with Gasteiger partial charge in [-0.05, 0) is 90.1 Å². The Morgan fingerprint density at radius 1 is 0.889 bits per heavy atom. The summed E-state index contributed by atoms with van der Waals surface area (Å²) in [5.41, 5.74) is 8.00. The third kappa shape index (κ3) is 5.08. The molecule has 0 fully saturated rings. The summed E-state index contributed by atoms with van der Waals surface area (Å²) in [5, 5.41) is 13.2. The number of aromatic hydroxyl groups is 1. The summed E-state index contributed by atoms with van der Waals surface area (Å²) in [5.74, 6) is 1.37. The molecule has 6 nitrogen and oxygen atoms in total. The van der Waals surface area contributed by atoms with Crippen molar-refractivity contribution < 1.29 is 24.1 Å². The fourth-order valence-electron chi connectivity index (χ4n) is 4.48. The molecule has 0 atom stereocenters. The molecule has 1 aliphatic rings. The summed E-state index contributed by atoms with van der Waals surface area (Å²) in [4.78, 5) is 13.0. The first kappa shape index (κ1) is 24.9. The minimum Gasteiger partial charge on any atom is -0.502 e. The van der Waals surface area contributed by atoms with E-state index in [1.165, 1.54) is 14.2 Å². The molecule has 0 saturated heterocycles. The zero-order valence-electron chi connectivity index (χ0n) is 21.3. The number of ether oxygens (including phenoxy) is 3. The number of benzene rings is 3. The molecule has 3 aromatic rings. The van der Waals surface area contributed by atoms with E-state index in [1.54, 1.807) is 19.2 Å². The number of fused-ring (bicyclic) bond motifs is 1. The fourth-order valence-corrected chi connectivity index (χ4v) is 4.48. The Morgan fingerprint density at radius 2 is 1.56 bits per heavy atom.